The minimum Gasteiger partial charge on any atom is -0.507 e. The SMILES string of the molecule is CCCCCCCCCCCCCCCC(=O)N(C)[C@H](CO)C(=O)N[C@H](C)C(=O)CCC(=O)N(C)[C@@H]1C(=O)C[C@@H](C)C(=O)N[C@H](C(=O)N[C@H](C)C(=O)NS(C)(=O)=O)Cc2ccc(O)c(c2)-c2cc1ccc2O. The van der Waals surface area contributed by atoms with Gasteiger partial charge < -0.3 is 41.1 Å². The third-order valence-electron chi connectivity index (χ3n) is 13.1. The average molecular weight is 1030 g/mol. The first-order chi connectivity index (χ1) is 34.0. The fourth-order valence-electron chi connectivity index (χ4n) is 8.59. The molecule has 20 heteroatoms. The van der Waals surface area contributed by atoms with Crippen molar-refractivity contribution in [2.24, 2.45) is 5.92 Å². The monoisotopic (exact) mass is 1030 g/mol. The number of likely N-dealkylation sites (N-methyl/N-ethyl adjacent to an activating group) is 2. The summed E-state index contributed by atoms with van der Waals surface area (Å²) in [6.45, 7) is 5.62. The molecule has 2 aromatic carbocycles. The number of hydrogen-bond acceptors (Lipinski definition) is 13. The predicted molar refractivity (Wildman–Crippen MR) is 272 cm³/mol. The molecule has 7 N–H and O–H groups in total. The normalized spacial score (nSPS) is 17.3. The Morgan fingerprint density at radius 1 is 0.722 bits per heavy atom. The van der Waals surface area contributed by atoms with Crippen LogP contribution in [0.5, 0.6) is 11.5 Å². The van der Waals surface area contributed by atoms with E-state index in [1.807, 2.05) is 0 Å². The first kappa shape index (κ1) is 60.4. The van der Waals surface area contributed by atoms with Gasteiger partial charge in [0.15, 0.2) is 11.6 Å². The van der Waals surface area contributed by atoms with Crippen molar-refractivity contribution in [1.29, 1.82) is 0 Å². The Balaban J connectivity index is 1.68. The zero-order valence-electron chi connectivity index (χ0n) is 43.1. The molecule has 0 saturated heterocycles. The Bertz CT molecular complexity index is 2320. The largest absolute Gasteiger partial charge is 0.507 e. The maximum absolute atomic E-state index is 14.3. The van der Waals surface area contributed by atoms with Crippen molar-refractivity contribution < 1.29 is 62.1 Å². The summed E-state index contributed by atoms with van der Waals surface area (Å²) in [5.41, 5.74) is 0.707. The number of benzene rings is 2. The van der Waals surface area contributed by atoms with Crippen molar-refractivity contribution in [2.45, 2.75) is 173 Å². The Morgan fingerprint density at radius 2 is 1.28 bits per heavy atom. The number of amides is 6. The lowest BCUT2D eigenvalue weighted by molar-refractivity contribution is -0.142. The van der Waals surface area contributed by atoms with Gasteiger partial charge in [-0.25, -0.2) is 8.42 Å². The van der Waals surface area contributed by atoms with Crippen LogP contribution in [0.4, 0.5) is 0 Å². The lowest BCUT2D eigenvalue weighted by Crippen LogP contribution is -2.54. The van der Waals surface area contributed by atoms with Crippen molar-refractivity contribution in [3.63, 3.8) is 0 Å². The molecule has 0 fully saturated rings. The molecule has 400 valence electrons. The number of Topliss-reactive ketones (excluding diaryl/α,β-unsaturated/α-hetero) is 2. The number of phenols is 2. The van der Waals surface area contributed by atoms with Gasteiger partial charge in [0, 0.05) is 63.2 Å². The molecule has 6 amide bonds. The third kappa shape index (κ3) is 19.3. The second-order valence-corrected chi connectivity index (χ2v) is 21.0. The molecule has 4 bridgehead atoms. The summed E-state index contributed by atoms with van der Waals surface area (Å²) in [6.07, 6.45) is 14.5. The number of carbonyl (C=O) groups is 8. The lowest BCUT2D eigenvalue weighted by Gasteiger charge is -2.30. The molecule has 6 atom stereocenters. The van der Waals surface area contributed by atoms with Crippen molar-refractivity contribution in [2.75, 3.05) is 27.0 Å². The van der Waals surface area contributed by atoms with E-state index in [0.717, 1.165) is 30.4 Å². The third-order valence-corrected chi connectivity index (χ3v) is 13.7. The highest BCUT2D eigenvalue weighted by molar-refractivity contribution is 7.89. The van der Waals surface area contributed by atoms with Gasteiger partial charge in [-0.1, -0.05) is 103 Å². The molecule has 1 aliphatic heterocycles. The van der Waals surface area contributed by atoms with E-state index >= 15 is 0 Å². The number of unbranched alkanes of at least 4 members (excludes halogenated alkanes) is 12. The van der Waals surface area contributed by atoms with Crippen molar-refractivity contribution >= 4 is 57.0 Å². The minimum atomic E-state index is -3.96. The first-order valence-corrected chi connectivity index (χ1v) is 27.1. The summed E-state index contributed by atoms with van der Waals surface area (Å²) in [5.74, 6) is -7.27. The van der Waals surface area contributed by atoms with Crippen LogP contribution in [0.3, 0.4) is 0 Å². The van der Waals surface area contributed by atoms with Crippen molar-refractivity contribution in [3.8, 4) is 22.6 Å². The summed E-state index contributed by atoms with van der Waals surface area (Å²) >= 11 is 0. The number of aromatic hydroxyl groups is 2. The van der Waals surface area contributed by atoms with Gasteiger partial charge in [-0.05, 0) is 55.7 Å². The lowest BCUT2D eigenvalue weighted by atomic mass is 9.89. The van der Waals surface area contributed by atoms with Crippen LogP contribution in [0.25, 0.3) is 11.1 Å². The Morgan fingerprint density at radius 3 is 1.85 bits per heavy atom. The summed E-state index contributed by atoms with van der Waals surface area (Å²) in [4.78, 5) is 110. The van der Waals surface area contributed by atoms with Crippen molar-refractivity contribution in [3.05, 3.63) is 47.5 Å². The molecular formula is C52H78N6O13S. The van der Waals surface area contributed by atoms with Gasteiger partial charge in [-0.3, -0.25) is 43.1 Å². The standard InChI is InChI=1S/C52H78N6O13S/c1-8-9-10-11-12-13-14-15-16-17-18-19-20-21-46(64)57(5)41(32-59)52(69)53-34(3)42(60)26-27-47(65)58(6)48-37-23-25-44(62)39(31-37)38-29-36(22-24-43(38)61)30-40(55-49(66)33(2)28-45(48)63)51(68)54-35(4)50(67)56-72(7,70)71/h22-25,29,31,33-35,40-41,48,59,61-62H,8-21,26-28,30,32H2,1-7H3,(H,53,69)(H,54,68)(H,55,66)(H,56,67)/t33-,34-,35-,40+,41-,48+/m1/s1. The number of aliphatic hydroxyl groups excluding tert-OH is 1. The van der Waals surface area contributed by atoms with Gasteiger partial charge in [0.05, 0.1) is 18.9 Å². The van der Waals surface area contributed by atoms with Crippen LogP contribution in [0.15, 0.2) is 36.4 Å². The van der Waals surface area contributed by atoms with Gasteiger partial charge in [0.2, 0.25) is 39.6 Å². The second-order valence-electron chi connectivity index (χ2n) is 19.2. The highest BCUT2D eigenvalue weighted by Crippen LogP contribution is 2.39. The summed E-state index contributed by atoms with van der Waals surface area (Å²) < 4.78 is 25.1. The van der Waals surface area contributed by atoms with E-state index in [-0.39, 0.29) is 53.4 Å². The Kier molecular flexibility index (Phi) is 24.8. The molecule has 2 aromatic rings. The van der Waals surface area contributed by atoms with E-state index < -0.39 is 107 Å². The van der Waals surface area contributed by atoms with Crippen LogP contribution in [0, 0.1) is 5.92 Å². The maximum Gasteiger partial charge on any atom is 0.255 e. The number of aliphatic hydroxyl groups is 1. The molecule has 3 rings (SSSR count). The molecule has 0 aromatic heterocycles. The van der Waals surface area contributed by atoms with E-state index in [1.54, 1.807) is 4.72 Å². The van der Waals surface area contributed by atoms with Crippen LogP contribution in [0.2, 0.25) is 0 Å². The van der Waals surface area contributed by atoms with Gasteiger partial charge in [-0.15, -0.1) is 0 Å². The zero-order valence-corrected chi connectivity index (χ0v) is 43.9. The van der Waals surface area contributed by atoms with Crippen LogP contribution < -0.4 is 20.7 Å². The molecule has 19 nitrogen and oxygen atoms in total. The number of phenolic OH excluding ortho intramolecular Hbond substituents is 2. The predicted octanol–water partition coefficient (Wildman–Crippen LogP) is 4.64. The number of hydrogen-bond donors (Lipinski definition) is 7. The van der Waals surface area contributed by atoms with Crippen LogP contribution in [-0.2, 0) is 54.8 Å². The molecule has 1 aliphatic rings. The number of nitrogens with one attached hydrogen (secondary N) is 4. The zero-order chi connectivity index (χ0) is 53.7. The van der Waals surface area contributed by atoms with Crippen LogP contribution >= 0.6 is 0 Å². The maximum atomic E-state index is 14.3. The van der Waals surface area contributed by atoms with E-state index in [9.17, 15) is 62.1 Å². The summed E-state index contributed by atoms with van der Waals surface area (Å²) in [7, 11) is -1.21. The summed E-state index contributed by atoms with van der Waals surface area (Å²) in [6, 6.07) is 1.81. The van der Waals surface area contributed by atoms with Gasteiger partial charge >= 0.3 is 0 Å². The number of ketones is 2. The smallest absolute Gasteiger partial charge is 0.255 e. The molecule has 0 unspecified atom stereocenters. The topological polar surface area (TPSA) is 286 Å². The molecule has 0 aliphatic carbocycles. The number of fused-ring (bicyclic) bond motifs is 5. The molecule has 1 heterocycles. The van der Waals surface area contributed by atoms with E-state index in [1.165, 1.54) is 134 Å². The quantitative estimate of drug-likeness (QED) is 0.0602. The highest BCUT2D eigenvalue weighted by Gasteiger charge is 2.35. The van der Waals surface area contributed by atoms with E-state index in [2.05, 4.69) is 22.9 Å². The van der Waals surface area contributed by atoms with Crippen molar-refractivity contribution in [1.82, 2.24) is 30.5 Å². The number of nitrogens with zero attached hydrogens (tertiary/aromatic N) is 2. The minimum absolute atomic E-state index is 0.0552. The number of rotatable bonds is 27. The first-order valence-electron chi connectivity index (χ1n) is 25.2. The molecule has 0 radical (unpaired) electrons. The van der Waals surface area contributed by atoms with Crippen LogP contribution in [-0.4, -0.2) is 132 Å². The van der Waals surface area contributed by atoms with E-state index in [0.29, 0.717) is 12.0 Å². The fourth-order valence-corrected chi connectivity index (χ4v) is 9.13. The highest BCUT2D eigenvalue weighted by atomic mass is 32.2. The van der Waals surface area contributed by atoms with Gasteiger partial charge in [0.25, 0.3) is 5.91 Å². The molecular weight excluding hydrogens is 949 g/mol. The van der Waals surface area contributed by atoms with Crippen LogP contribution in [0.1, 0.15) is 154 Å². The average Bonchev–Trinajstić information content (AvgIpc) is 3.32. The molecule has 0 saturated carbocycles. The fraction of sp³-hybridized carbons (Fsp3) is 0.615. The van der Waals surface area contributed by atoms with E-state index in [4.69, 9.17) is 0 Å². The Labute approximate surface area is 424 Å². The Hall–Kier alpha value is -5.89. The number of carbonyl (C=O) groups excluding carboxylic acids is 8. The molecule has 72 heavy (non-hydrogen) atoms. The van der Waals surface area contributed by atoms with Gasteiger partial charge in [-0.2, -0.15) is 0 Å². The second kappa shape index (κ2) is 29.6. The molecule has 0 spiro atoms. The van der Waals surface area contributed by atoms with Gasteiger partial charge in [0.1, 0.15) is 35.7 Å². The number of sulfonamides is 1. The summed E-state index contributed by atoms with van der Waals surface area (Å²) in [5, 5.41) is 39.7.